The van der Waals surface area contributed by atoms with Gasteiger partial charge in [0.25, 0.3) is 0 Å². The van der Waals surface area contributed by atoms with Crippen LogP contribution in [-0.4, -0.2) is 47.2 Å². The standard InChI is InChI=1S/C16H22N4O/c21-16(13-2-1-3-13)20-10-8-19(9-11-20)15-7-6-14(17-18-15)12-4-5-12/h6-7,12-13H,1-5,8-11H2. The molecule has 0 N–H and O–H groups in total. The molecule has 3 fully saturated rings. The molecule has 0 radical (unpaired) electrons. The quantitative estimate of drug-likeness (QED) is 0.850. The Balaban J connectivity index is 1.34. The smallest absolute Gasteiger partial charge is 0.225 e. The summed E-state index contributed by atoms with van der Waals surface area (Å²) in [5, 5.41) is 8.72. The Morgan fingerprint density at radius 2 is 1.76 bits per heavy atom. The Morgan fingerprint density at radius 3 is 2.29 bits per heavy atom. The highest BCUT2D eigenvalue weighted by Crippen LogP contribution is 2.38. The average molecular weight is 286 g/mol. The summed E-state index contributed by atoms with van der Waals surface area (Å²) in [7, 11) is 0. The highest BCUT2D eigenvalue weighted by atomic mass is 16.2. The average Bonchev–Trinajstić information content (AvgIpc) is 3.30. The van der Waals surface area contributed by atoms with Crippen LogP contribution < -0.4 is 4.90 Å². The number of nitrogens with zero attached hydrogens (tertiary/aromatic N) is 4. The molecule has 3 aliphatic rings. The van der Waals surface area contributed by atoms with Crippen molar-refractivity contribution in [3.63, 3.8) is 0 Å². The molecule has 2 saturated carbocycles. The van der Waals surface area contributed by atoms with Gasteiger partial charge in [0.1, 0.15) is 0 Å². The summed E-state index contributed by atoms with van der Waals surface area (Å²) in [6, 6.07) is 4.20. The molecule has 0 spiro atoms. The number of carbonyl (C=O) groups is 1. The third kappa shape index (κ3) is 2.61. The van der Waals surface area contributed by atoms with Gasteiger partial charge < -0.3 is 9.80 Å². The van der Waals surface area contributed by atoms with Gasteiger partial charge >= 0.3 is 0 Å². The highest BCUT2D eigenvalue weighted by molar-refractivity contribution is 5.79. The SMILES string of the molecule is O=C(C1CCC1)N1CCN(c2ccc(C3CC3)nn2)CC1. The van der Waals surface area contributed by atoms with Crippen LogP contribution in [0, 0.1) is 5.92 Å². The van der Waals surface area contributed by atoms with E-state index in [0.717, 1.165) is 50.5 Å². The van der Waals surface area contributed by atoms with Crippen LogP contribution in [0.2, 0.25) is 0 Å². The number of anilines is 1. The van der Waals surface area contributed by atoms with Gasteiger partial charge in [0, 0.05) is 38.0 Å². The Kier molecular flexibility index (Phi) is 3.28. The van der Waals surface area contributed by atoms with Gasteiger partial charge in [0.15, 0.2) is 5.82 Å². The second-order valence-corrected chi connectivity index (χ2v) is 6.53. The maximum absolute atomic E-state index is 12.2. The Labute approximate surface area is 125 Å². The molecule has 0 atom stereocenters. The van der Waals surface area contributed by atoms with Gasteiger partial charge in [0.05, 0.1) is 5.69 Å². The van der Waals surface area contributed by atoms with Crippen LogP contribution in [0.25, 0.3) is 0 Å². The molecule has 2 heterocycles. The topological polar surface area (TPSA) is 49.3 Å². The third-order valence-electron chi connectivity index (χ3n) is 5.04. The van der Waals surface area contributed by atoms with Gasteiger partial charge in [0.2, 0.25) is 5.91 Å². The van der Waals surface area contributed by atoms with Gasteiger partial charge in [-0.15, -0.1) is 5.10 Å². The molecule has 4 rings (SSSR count). The monoisotopic (exact) mass is 286 g/mol. The minimum absolute atomic E-state index is 0.314. The van der Waals surface area contributed by atoms with Gasteiger partial charge in [-0.3, -0.25) is 4.79 Å². The maximum atomic E-state index is 12.2. The molecule has 1 aliphatic heterocycles. The number of carbonyl (C=O) groups excluding carboxylic acids is 1. The number of rotatable bonds is 3. The molecule has 112 valence electrons. The first-order valence-corrected chi connectivity index (χ1v) is 8.18. The fourth-order valence-corrected chi connectivity index (χ4v) is 3.17. The van der Waals surface area contributed by atoms with Gasteiger partial charge in [-0.1, -0.05) is 6.42 Å². The van der Waals surface area contributed by atoms with Crippen LogP contribution in [0.3, 0.4) is 0 Å². The summed E-state index contributed by atoms with van der Waals surface area (Å²) in [5.74, 6) is 2.30. The second kappa shape index (κ2) is 5.28. The van der Waals surface area contributed by atoms with Crippen LogP contribution in [0.5, 0.6) is 0 Å². The molecule has 1 saturated heterocycles. The lowest BCUT2D eigenvalue weighted by atomic mass is 9.84. The first-order chi connectivity index (χ1) is 10.3. The lowest BCUT2D eigenvalue weighted by Gasteiger charge is -2.38. The van der Waals surface area contributed by atoms with Crippen molar-refractivity contribution < 1.29 is 4.79 Å². The molecule has 0 aromatic carbocycles. The van der Waals surface area contributed by atoms with Crippen molar-refractivity contribution in [3.8, 4) is 0 Å². The number of aromatic nitrogens is 2. The van der Waals surface area contributed by atoms with E-state index in [-0.39, 0.29) is 0 Å². The van der Waals surface area contributed by atoms with E-state index in [2.05, 4.69) is 27.2 Å². The number of hydrogen-bond donors (Lipinski definition) is 0. The molecule has 21 heavy (non-hydrogen) atoms. The van der Waals surface area contributed by atoms with Crippen molar-refractivity contribution in [3.05, 3.63) is 17.8 Å². The molecule has 0 bridgehead atoms. The van der Waals surface area contributed by atoms with Crippen molar-refractivity contribution >= 4 is 11.7 Å². The van der Waals surface area contributed by atoms with E-state index < -0.39 is 0 Å². The molecule has 2 aliphatic carbocycles. The molecule has 1 aromatic rings. The molecule has 0 unspecified atom stereocenters. The molecular weight excluding hydrogens is 264 g/mol. The van der Waals surface area contributed by atoms with Gasteiger partial charge in [-0.05, 0) is 37.8 Å². The van der Waals surface area contributed by atoms with Gasteiger partial charge in [-0.25, -0.2) is 0 Å². The zero-order valence-electron chi connectivity index (χ0n) is 12.4. The molecule has 5 nitrogen and oxygen atoms in total. The second-order valence-electron chi connectivity index (χ2n) is 6.53. The molecule has 1 aromatic heterocycles. The fourth-order valence-electron chi connectivity index (χ4n) is 3.17. The summed E-state index contributed by atoms with van der Waals surface area (Å²) >= 11 is 0. The lowest BCUT2D eigenvalue weighted by Crippen LogP contribution is -2.51. The first-order valence-electron chi connectivity index (χ1n) is 8.18. The zero-order chi connectivity index (χ0) is 14.2. The number of piperazine rings is 1. The van der Waals surface area contributed by atoms with Crippen molar-refractivity contribution in [2.45, 2.75) is 38.0 Å². The summed E-state index contributed by atoms with van der Waals surface area (Å²) in [6.45, 7) is 3.38. The van der Waals surface area contributed by atoms with Crippen LogP contribution in [0.4, 0.5) is 5.82 Å². The van der Waals surface area contributed by atoms with E-state index in [1.807, 2.05) is 4.90 Å². The molecular formula is C16H22N4O. The van der Waals surface area contributed by atoms with E-state index in [0.29, 0.717) is 17.7 Å². The fraction of sp³-hybridized carbons (Fsp3) is 0.688. The van der Waals surface area contributed by atoms with Gasteiger partial charge in [-0.2, -0.15) is 5.10 Å². The van der Waals surface area contributed by atoms with Crippen molar-refractivity contribution in [1.82, 2.24) is 15.1 Å². The van der Waals surface area contributed by atoms with Crippen LogP contribution in [0.15, 0.2) is 12.1 Å². The lowest BCUT2D eigenvalue weighted by molar-refractivity contribution is -0.138. The molecule has 5 heteroatoms. The normalized spacial score (nSPS) is 23.0. The van der Waals surface area contributed by atoms with Crippen LogP contribution in [0.1, 0.15) is 43.7 Å². The zero-order valence-corrected chi connectivity index (χ0v) is 12.4. The number of amides is 1. The minimum Gasteiger partial charge on any atom is -0.352 e. The largest absolute Gasteiger partial charge is 0.352 e. The van der Waals surface area contributed by atoms with E-state index in [4.69, 9.17) is 0 Å². The first kappa shape index (κ1) is 13.0. The Morgan fingerprint density at radius 1 is 1.00 bits per heavy atom. The summed E-state index contributed by atoms with van der Waals surface area (Å²) in [5.41, 5.74) is 1.14. The number of hydrogen-bond acceptors (Lipinski definition) is 4. The predicted octanol–water partition coefficient (Wildman–Crippen LogP) is 1.80. The minimum atomic E-state index is 0.314. The van der Waals surface area contributed by atoms with Crippen molar-refractivity contribution in [2.24, 2.45) is 5.92 Å². The van der Waals surface area contributed by atoms with Crippen LogP contribution in [-0.2, 0) is 4.79 Å². The highest BCUT2D eigenvalue weighted by Gasteiger charge is 2.31. The van der Waals surface area contributed by atoms with Crippen LogP contribution >= 0.6 is 0 Å². The van der Waals surface area contributed by atoms with E-state index >= 15 is 0 Å². The van der Waals surface area contributed by atoms with E-state index in [1.165, 1.54) is 19.3 Å². The van der Waals surface area contributed by atoms with E-state index in [1.54, 1.807) is 0 Å². The van der Waals surface area contributed by atoms with Crippen molar-refractivity contribution in [2.75, 3.05) is 31.1 Å². The van der Waals surface area contributed by atoms with E-state index in [9.17, 15) is 4.79 Å². The Bertz CT molecular complexity index is 514. The third-order valence-corrected chi connectivity index (χ3v) is 5.04. The molecule has 1 amide bonds. The summed E-state index contributed by atoms with van der Waals surface area (Å²) < 4.78 is 0. The summed E-state index contributed by atoms with van der Waals surface area (Å²) in [6.07, 6.45) is 5.92. The Hall–Kier alpha value is -1.65. The predicted molar refractivity (Wildman–Crippen MR) is 80.1 cm³/mol. The van der Waals surface area contributed by atoms with Crippen molar-refractivity contribution in [1.29, 1.82) is 0 Å². The summed E-state index contributed by atoms with van der Waals surface area (Å²) in [4.78, 5) is 16.5. The maximum Gasteiger partial charge on any atom is 0.225 e.